The van der Waals surface area contributed by atoms with Gasteiger partial charge in [0.1, 0.15) is 23.9 Å². The Hall–Kier alpha value is -1.36. The average molecular weight is 374 g/mol. The number of carbonyl (C=O) groups excluding carboxylic acids is 2. The molecule has 0 amide bonds. The fourth-order valence-corrected chi connectivity index (χ4v) is 7.53. The molecule has 0 aromatic carbocycles. The Balaban J connectivity index is 1.49. The van der Waals surface area contributed by atoms with E-state index in [9.17, 15) is 9.59 Å². The molecule has 5 heteroatoms. The summed E-state index contributed by atoms with van der Waals surface area (Å²) in [4.78, 5) is 23.8. The van der Waals surface area contributed by atoms with Gasteiger partial charge >= 0.3 is 11.9 Å². The monoisotopic (exact) mass is 374 g/mol. The van der Waals surface area contributed by atoms with Crippen LogP contribution in [0.2, 0.25) is 0 Å². The van der Waals surface area contributed by atoms with Crippen molar-refractivity contribution in [3.63, 3.8) is 0 Å². The van der Waals surface area contributed by atoms with Gasteiger partial charge in [0, 0.05) is 29.4 Å². The molecule has 5 aliphatic rings. The van der Waals surface area contributed by atoms with Crippen LogP contribution in [0.25, 0.3) is 0 Å². The number of rotatable bonds is 1. The molecule has 27 heavy (non-hydrogen) atoms. The fraction of sp³-hybridized carbons (Fsp3) is 0.818. The van der Waals surface area contributed by atoms with E-state index >= 15 is 0 Å². The Labute approximate surface area is 160 Å². The smallest absolute Gasteiger partial charge is 0.334 e. The zero-order valence-corrected chi connectivity index (χ0v) is 17.0. The first-order valence-electron chi connectivity index (χ1n) is 10.4. The zero-order valence-electron chi connectivity index (χ0n) is 17.0. The Morgan fingerprint density at radius 3 is 2.59 bits per heavy atom. The lowest BCUT2D eigenvalue weighted by atomic mass is 9.43. The van der Waals surface area contributed by atoms with Crippen molar-refractivity contribution in [3.8, 4) is 0 Å². The molecule has 0 aromatic rings. The van der Waals surface area contributed by atoms with E-state index in [4.69, 9.17) is 14.2 Å². The molecule has 5 nitrogen and oxygen atoms in total. The number of ether oxygens (including phenoxy) is 3. The van der Waals surface area contributed by atoms with Crippen LogP contribution in [0.5, 0.6) is 0 Å². The molecule has 4 fully saturated rings. The van der Waals surface area contributed by atoms with E-state index in [0.717, 1.165) is 43.3 Å². The van der Waals surface area contributed by atoms with Crippen molar-refractivity contribution < 1.29 is 23.8 Å². The number of epoxide rings is 1. The lowest BCUT2D eigenvalue weighted by molar-refractivity contribution is -0.187. The Morgan fingerprint density at radius 1 is 1.15 bits per heavy atom. The van der Waals surface area contributed by atoms with Crippen LogP contribution in [0, 0.1) is 22.7 Å². The first-order chi connectivity index (χ1) is 12.6. The molecule has 1 saturated heterocycles. The van der Waals surface area contributed by atoms with Crippen molar-refractivity contribution in [2.75, 3.05) is 0 Å². The summed E-state index contributed by atoms with van der Waals surface area (Å²) in [5.41, 5.74) is 1.83. The molecular weight excluding hydrogens is 344 g/mol. The van der Waals surface area contributed by atoms with Crippen LogP contribution in [0.3, 0.4) is 0 Å². The van der Waals surface area contributed by atoms with Gasteiger partial charge in [0.25, 0.3) is 0 Å². The van der Waals surface area contributed by atoms with Crippen LogP contribution in [0.15, 0.2) is 11.1 Å². The summed E-state index contributed by atoms with van der Waals surface area (Å²) in [6.07, 6.45) is 4.84. The Kier molecular flexibility index (Phi) is 3.39. The van der Waals surface area contributed by atoms with Crippen molar-refractivity contribution in [2.45, 2.75) is 90.6 Å². The SMILES string of the molecule is CC(=O)O[C@H]1CC[C@]2(C)[C@H](CC[C@@]34O[C@@H]3C3=C(C)C(=O)O[C@@H]3C[C@@H]24)C1(C)C. The van der Waals surface area contributed by atoms with Crippen LogP contribution in [-0.2, 0) is 23.8 Å². The second kappa shape index (κ2) is 5.16. The van der Waals surface area contributed by atoms with E-state index in [1.807, 2.05) is 6.92 Å². The molecule has 3 saturated carbocycles. The van der Waals surface area contributed by atoms with Gasteiger partial charge in [0.15, 0.2) is 0 Å². The van der Waals surface area contributed by atoms with E-state index < -0.39 is 0 Å². The Morgan fingerprint density at radius 2 is 1.89 bits per heavy atom. The molecule has 0 radical (unpaired) electrons. The quantitative estimate of drug-likeness (QED) is 0.519. The fourth-order valence-electron chi connectivity index (χ4n) is 7.53. The molecule has 0 bridgehead atoms. The highest BCUT2D eigenvalue weighted by Crippen LogP contribution is 2.72. The van der Waals surface area contributed by atoms with Crippen molar-refractivity contribution in [2.24, 2.45) is 22.7 Å². The average Bonchev–Trinajstić information content (AvgIpc) is 3.22. The number of hydrogen-bond donors (Lipinski definition) is 0. The highest BCUT2D eigenvalue weighted by molar-refractivity contribution is 5.92. The summed E-state index contributed by atoms with van der Waals surface area (Å²) in [6, 6.07) is 0. The van der Waals surface area contributed by atoms with Crippen LogP contribution < -0.4 is 0 Å². The highest BCUT2D eigenvalue weighted by atomic mass is 16.6. The summed E-state index contributed by atoms with van der Waals surface area (Å²) >= 11 is 0. The maximum absolute atomic E-state index is 12.1. The predicted octanol–water partition coefficient (Wildman–Crippen LogP) is 3.55. The number of hydrogen-bond acceptors (Lipinski definition) is 5. The van der Waals surface area contributed by atoms with Crippen molar-refractivity contribution in [3.05, 3.63) is 11.1 Å². The third kappa shape index (κ3) is 2.10. The second-order valence-corrected chi connectivity index (χ2v) is 10.3. The molecule has 0 N–H and O–H groups in total. The summed E-state index contributed by atoms with van der Waals surface area (Å²) < 4.78 is 17.8. The zero-order chi connectivity index (χ0) is 19.4. The molecule has 7 atom stereocenters. The van der Waals surface area contributed by atoms with Crippen molar-refractivity contribution in [1.82, 2.24) is 0 Å². The van der Waals surface area contributed by atoms with Gasteiger partial charge in [-0.05, 0) is 50.4 Å². The summed E-state index contributed by atoms with van der Waals surface area (Å²) in [5.74, 6) is 0.501. The lowest BCUT2D eigenvalue weighted by Crippen LogP contribution is -2.61. The molecule has 0 unspecified atom stereocenters. The van der Waals surface area contributed by atoms with E-state index in [-0.39, 0.29) is 46.7 Å². The molecule has 2 aliphatic heterocycles. The minimum atomic E-state index is -0.185. The molecule has 1 spiro atoms. The molecule has 3 aliphatic carbocycles. The molecule has 5 rings (SSSR count). The van der Waals surface area contributed by atoms with E-state index in [1.54, 1.807) is 0 Å². The van der Waals surface area contributed by atoms with Crippen LogP contribution >= 0.6 is 0 Å². The number of carbonyl (C=O) groups is 2. The van der Waals surface area contributed by atoms with Crippen LogP contribution in [0.1, 0.15) is 66.7 Å². The maximum atomic E-state index is 12.1. The molecule has 0 aromatic heterocycles. The van der Waals surface area contributed by atoms with Crippen LogP contribution in [0.4, 0.5) is 0 Å². The lowest BCUT2D eigenvalue weighted by Gasteiger charge is -2.61. The third-order valence-corrected chi connectivity index (χ3v) is 8.78. The first-order valence-corrected chi connectivity index (χ1v) is 10.4. The highest BCUT2D eigenvalue weighted by Gasteiger charge is 2.75. The second-order valence-electron chi connectivity index (χ2n) is 10.3. The van der Waals surface area contributed by atoms with Gasteiger partial charge < -0.3 is 14.2 Å². The first kappa shape index (κ1) is 17.7. The van der Waals surface area contributed by atoms with Gasteiger partial charge in [-0.3, -0.25) is 4.79 Å². The normalized spacial score (nSPS) is 49.4. The van der Waals surface area contributed by atoms with Gasteiger partial charge in [-0.15, -0.1) is 0 Å². The number of esters is 2. The van der Waals surface area contributed by atoms with Gasteiger partial charge in [0.05, 0.1) is 0 Å². The summed E-state index contributed by atoms with van der Waals surface area (Å²) in [6.45, 7) is 10.3. The largest absolute Gasteiger partial charge is 0.462 e. The van der Waals surface area contributed by atoms with Crippen molar-refractivity contribution >= 4 is 11.9 Å². The molecule has 2 heterocycles. The van der Waals surface area contributed by atoms with E-state index in [0.29, 0.717) is 11.8 Å². The summed E-state index contributed by atoms with van der Waals surface area (Å²) in [5, 5.41) is 0. The van der Waals surface area contributed by atoms with E-state index in [1.165, 1.54) is 6.92 Å². The maximum Gasteiger partial charge on any atom is 0.334 e. The Bertz CT molecular complexity index is 767. The summed E-state index contributed by atoms with van der Waals surface area (Å²) in [7, 11) is 0. The van der Waals surface area contributed by atoms with Gasteiger partial charge in [-0.1, -0.05) is 20.8 Å². The molecular formula is C22H30O5. The topological polar surface area (TPSA) is 65.1 Å². The van der Waals surface area contributed by atoms with Gasteiger partial charge in [-0.2, -0.15) is 0 Å². The molecule has 148 valence electrons. The van der Waals surface area contributed by atoms with Gasteiger partial charge in [0.2, 0.25) is 0 Å². The van der Waals surface area contributed by atoms with Crippen molar-refractivity contribution in [1.29, 1.82) is 0 Å². The van der Waals surface area contributed by atoms with Gasteiger partial charge in [-0.25, -0.2) is 4.79 Å². The minimum Gasteiger partial charge on any atom is -0.462 e. The van der Waals surface area contributed by atoms with Crippen LogP contribution in [-0.4, -0.2) is 35.9 Å². The predicted molar refractivity (Wildman–Crippen MR) is 97.7 cm³/mol. The standard InChI is InChI=1S/C22H30O5/c1-11-17-13(26-19(11)24)10-15-21(5)8-7-16(25-12(2)23)20(3,4)14(21)6-9-22(15)18(17)27-22/h13-16,18H,6-10H2,1-5H3/t13-,14-,15+,16+,18-,21-,22+/m1/s1. The number of fused-ring (bicyclic) bond motifs is 4. The third-order valence-electron chi connectivity index (χ3n) is 8.78. The van der Waals surface area contributed by atoms with E-state index in [2.05, 4.69) is 20.8 Å². The minimum absolute atomic E-state index is 0.0244.